The minimum absolute atomic E-state index is 0.198. The van der Waals surface area contributed by atoms with Crippen molar-refractivity contribution in [1.82, 2.24) is 9.80 Å². The van der Waals surface area contributed by atoms with Crippen molar-refractivity contribution >= 4 is 22.0 Å². The Bertz CT molecular complexity index is 275. The molecule has 16 heavy (non-hydrogen) atoms. The number of amides is 1. The Hall–Kier alpha value is -0.290. The van der Waals surface area contributed by atoms with Crippen LogP contribution in [0.1, 0.15) is 13.3 Å². The number of rotatable bonds is 2. The second-order valence-electron chi connectivity index (χ2n) is 4.94. The monoisotopic (exact) mass is 290 g/mol. The van der Waals surface area contributed by atoms with Crippen LogP contribution in [-0.2, 0) is 4.74 Å². The van der Waals surface area contributed by atoms with Crippen LogP contribution >= 0.6 is 15.9 Å². The quantitative estimate of drug-likeness (QED) is 0.724. The third kappa shape index (κ3) is 2.69. The third-order valence-corrected chi connectivity index (χ3v) is 4.59. The van der Waals surface area contributed by atoms with E-state index in [1.54, 1.807) is 4.90 Å². The SMILES string of the molecule is COC(=O)N1CCN(CC2CC2(C)Br)CC1. The van der Waals surface area contributed by atoms with Gasteiger partial charge >= 0.3 is 6.09 Å². The lowest BCUT2D eigenvalue weighted by Crippen LogP contribution is -2.49. The van der Waals surface area contributed by atoms with Gasteiger partial charge in [0.25, 0.3) is 0 Å². The van der Waals surface area contributed by atoms with Crippen molar-refractivity contribution in [3.63, 3.8) is 0 Å². The van der Waals surface area contributed by atoms with Crippen LogP contribution in [0.15, 0.2) is 0 Å². The summed E-state index contributed by atoms with van der Waals surface area (Å²) in [4.78, 5) is 15.5. The molecule has 2 aliphatic rings. The summed E-state index contributed by atoms with van der Waals surface area (Å²) < 4.78 is 5.08. The molecule has 1 aliphatic heterocycles. The van der Waals surface area contributed by atoms with E-state index in [1.807, 2.05) is 0 Å². The molecule has 0 spiro atoms. The summed E-state index contributed by atoms with van der Waals surface area (Å²) in [7, 11) is 1.44. The Morgan fingerprint density at radius 3 is 2.44 bits per heavy atom. The molecule has 2 rings (SSSR count). The molecule has 1 saturated carbocycles. The number of methoxy groups -OCH3 is 1. The molecule has 92 valence electrons. The van der Waals surface area contributed by atoms with Crippen LogP contribution in [-0.4, -0.2) is 60.1 Å². The van der Waals surface area contributed by atoms with E-state index in [9.17, 15) is 4.79 Å². The average molecular weight is 291 g/mol. The first kappa shape index (κ1) is 12.2. The van der Waals surface area contributed by atoms with Crippen LogP contribution in [0.25, 0.3) is 0 Å². The van der Waals surface area contributed by atoms with E-state index < -0.39 is 0 Å². The minimum atomic E-state index is -0.198. The van der Waals surface area contributed by atoms with Crippen molar-refractivity contribution in [1.29, 1.82) is 0 Å². The number of piperazine rings is 1. The number of ether oxygens (including phenoxy) is 1. The molecule has 0 bridgehead atoms. The zero-order valence-corrected chi connectivity index (χ0v) is 11.5. The molecule has 2 unspecified atom stereocenters. The molecule has 0 aromatic rings. The fourth-order valence-corrected chi connectivity index (χ4v) is 2.77. The highest BCUT2D eigenvalue weighted by molar-refractivity contribution is 9.10. The highest BCUT2D eigenvalue weighted by atomic mass is 79.9. The topological polar surface area (TPSA) is 32.8 Å². The Balaban J connectivity index is 1.72. The van der Waals surface area contributed by atoms with Gasteiger partial charge in [0.1, 0.15) is 0 Å². The van der Waals surface area contributed by atoms with Gasteiger partial charge in [-0.25, -0.2) is 4.79 Å². The van der Waals surface area contributed by atoms with E-state index in [-0.39, 0.29) is 6.09 Å². The van der Waals surface area contributed by atoms with Gasteiger partial charge in [-0.05, 0) is 19.3 Å². The molecule has 4 nitrogen and oxygen atoms in total. The molecule has 2 atom stereocenters. The third-order valence-electron chi connectivity index (χ3n) is 3.62. The van der Waals surface area contributed by atoms with Gasteiger partial charge in [-0.3, -0.25) is 4.90 Å². The fourth-order valence-electron chi connectivity index (χ4n) is 2.23. The standard InChI is InChI=1S/C11H19BrN2O2/c1-11(12)7-9(11)8-13-3-5-14(6-4-13)10(15)16-2/h9H,3-8H2,1-2H3. The van der Waals surface area contributed by atoms with E-state index in [0.29, 0.717) is 4.32 Å². The number of alkyl halides is 1. The zero-order chi connectivity index (χ0) is 11.8. The van der Waals surface area contributed by atoms with Gasteiger partial charge in [0, 0.05) is 37.0 Å². The van der Waals surface area contributed by atoms with Crippen molar-refractivity contribution in [2.45, 2.75) is 17.7 Å². The van der Waals surface area contributed by atoms with E-state index >= 15 is 0 Å². The van der Waals surface area contributed by atoms with E-state index in [0.717, 1.165) is 38.6 Å². The van der Waals surface area contributed by atoms with Gasteiger partial charge in [0.2, 0.25) is 0 Å². The van der Waals surface area contributed by atoms with Gasteiger partial charge in [-0.2, -0.15) is 0 Å². The lowest BCUT2D eigenvalue weighted by atomic mass is 10.2. The van der Waals surface area contributed by atoms with Crippen LogP contribution in [0.4, 0.5) is 4.79 Å². The zero-order valence-electron chi connectivity index (χ0n) is 9.91. The van der Waals surface area contributed by atoms with E-state index in [2.05, 4.69) is 27.8 Å². The van der Waals surface area contributed by atoms with Crippen molar-refractivity contribution in [3.8, 4) is 0 Å². The maximum atomic E-state index is 11.3. The summed E-state index contributed by atoms with van der Waals surface area (Å²) in [5.41, 5.74) is 0. The number of carbonyl (C=O) groups is 1. The molecule has 0 N–H and O–H groups in total. The Morgan fingerprint density at radius 1 is 1.44 bits per heavy atom. The van der Waals surface area contributed by atoms with Crippen molar-refractivity contribution in [2.24, 2.45) is 5.92 Å². The molecular formula is C11H19BrN2O2. The second-order valence-corrected chi connectivity index (χ2v) is 6.75. The van der Waals surface area contributed by atoms with Crippen molar-refractivity contribution in [2.75, 3.05) is 39.8 Å². The highest BCUT2D eigenvalue weighted by Crippen LogP contribution is 2.50. The lowest BCUT2D eigenvalue weighted by Gasteiger charge is -2.34. The first-order valence-corrected chi connectivity index (χ1v) is 6.56. The number of nitrogens with zero attached hydrogens (tertiary/aromatic N) is 2. The highest BCUT2D eigenvalue weighted by Gasteiger charge is 2.48. The minimum Gasteiger partial charge on any atom is -0.453 e. The summed E-state index contributed by atoms with van der Waals surface area (Å²) in [6.07, 6.45) is 1.07. The number of carbonyl (C=O) groups excluding carboxylic acids is 1. The molecule has 0 aromatic heterocycles. The maximum absolute atomic E-state index is 11.3. The number of halogens is 1. The normalized spacial score (nSPS) is 34.9. The molecule has 1 amide bonds. The number of hydrogen-bond acceptors (Lipinski definition) is 3. The second kappa shape index (κ2) is 4.53. The Labute approximate surface area is 105 Å². The van der Waals surface area contributed by atoms with Crippen LogP contribution in [0.2, 0.25) is 0 Å². The first-order chi connectivity index (χ1) is 7.53. The molecule has 0 aromatic carbocycles. The summed E-state index contributed by atoms with van der Waals surface area (Å²) in [6.45, 7) is 6.92. The van der Waals surface area contributed by atoms with E-state index in [1.165, 1.54) is 13.5 Å². The van der Waals surface area contributed by atoms with Crippen molar-refractivity contribution < 1.29 is 9.53 Å². The number of hydrogen-bond donors (Lipinski definition) is 0. The summed E-state index contributed by atoms with van der Waals surface area (Å²) >= 11 is 3.71. The van der Waals surface area contributed by atoms with Crippen LogP contribution in [0.5, 0.6) is 0 Å². The van der Waals surface area contributed by atoms with Gasteiger partial charge in [-0.15, -0.1) is 0 Å². The fraction of sp³-hybridized carbons (Fsp3) is 0.909. The van der Waals surface area contributed by atoms with E-state index in [4.69, 9.17) is 4.74 Å². The smallest absolute Gasteiger partial charge is 0.409 e. The van der Waals surface area contributed by atoms with Gasteiger partial charge in [-0.1, -0.05) is 15.9 Å². The van der Waals surface area contributed by atoms with Crippen LogP contribution < -0.4 is 0 Å². The van der Waals surface area contributed by atoms with Crippen molar-refractivity contribution in [3.05, 3.63) is 0 Å². The maximum Gasteiger partial charge on any atom is 0.409 e. The average Bonchev–Trinajstić information content (AvgIpc) is 2.86. The molecular weight excluding hydrogens is 272 g/mol. The predicted octanol–water partition coefficient (Wildman–Crippen LogP) is 1.54. The summed E-state index contributed by atoms with van der Waals surface area (Å²) in [5.74, 6) is 0.775. The summed E-state index contributed by atoms with van der Waals surface area (Å²) in [5, 5.41) is 0. The Morgan fingerprint density at radius 2 is 2.00 bits per heavy atom. The Kier molecular flexibility index (Phi) is 3.45. The van der Waals surface area contributed by atoms with Gasteiger partial charge in [0.05, 0.1) is 7.11 Å². The first-order valence-electron chi connectivity index (χ1n) is 5.77. The molecule has 1 saturated heterocycles. The predicted molar refractivity (Wildman–Crippen MR) is 65.9 cm³/mol. The van der Waals surface area contributed by atoms with Crippen LogP contribution in [0.3, 0.4) is 0 Å². The lowest BCUT2D eigenvalue weighted by molar-refractivity contribution is 0.0894. The van der Waals surface area contributed by atoms with Gasteiger partial charge < -0.3 is 9.64 Å². The van der Waals surface area contributed by atoms with Crippen LogP contribution in [0, 0.1) is 5.92 Å². The molecule has 0 radical (unpaired) electrons. The molecule has 1 heterocycles. The molecule has 1 aliphatic carbocycles. The van der Waals surface area contributed by atoms with Gasteiger partial charge in [0.15, 0.2) is 0 Å². The largest absolute Gasteiger partial charge is 0.453 e. The summed E-state index contributed by atoms with van der Waals surface area (Å²) in [6, 6.07) is 0. The molecule has 5 heteroatoms. The molecule has 2 fully saturated rings.